The summed E-state index contributed by atoms with van der Waals surface area (Å²) in [5, 5.41) is 0. The van der Waals surface area contributed by atoms with Crippen LogP contribution < -0.4 is 4.72 Å². The molecule has 0 spiro atoms. The van der Waals surface area contributed by atoms with E-state index in [4.69, 9.17) is 0 Å². The van der Waals surface area contributed by atoms with Gasteiger partial charge in [-0.15, -0.1) is 0 Å². The number of rotatable bonds is 5. The maximum absolute atomic E-state index is 11.4. The smallest absolute Gasteiger partial charge is 0.235 e. The number of nitrogens with zero attached hydrogens (tertiary/aromatic N) is 1. The Bertz CT molecular complexity index is 356. The van der Waals surface area contributed by atoms with Crippen molar-refractivity contribution in [2.75, 3.05) is 10.5 Å². The predicted octanol–water partition coefficient (Wildman–Crippen LogP) is 1.20. The van der Waals surface area contributed by atoms with Gasteiger partial charge in [-0.1, -0.05) is 13.8 Å². The lowest BCUT2D eigenvalue weighted by atomic mass is 10.2. The fourth-order valence-electron chi connectivity index (χ4n) is 0.910. The van der Waals surface area contributed by atoms with E-state index in [1.165, 1.54) is 6.20 Å². The quantitative estimate of drug-likeness (QED) is 0.778. The molecule has 6 heteroatoms. The predicted molar refractivity (Wildman–Crippen MR) is 55.5 cm³/mol. The summed E-state index contributed by atoms with van der Waals surface area (Å²) in [5.74, 6) is 0.780. The molecular formula is C8H15N3O2S. The van der Waals surface area contributed by atoms with Gasteiger partial charge >= 0.3 is 0 Å². The van der Waals surface area contributed by atoms with Crippen LogP contribution in [0.4, 0.5) is 5.95 Å². The molecule has 80 valence electrons. The second-order valence-electron chi connectivity index (χ2n) is 3.54. The number of anilines is 1. The van der Waals surface area contributed by atoms with Crippen LogP contribution >= 0.6 is 0 Å². The molecule has 0 aliphatic rings. The van der Waals surface area contributed by atoms with Crippen molar-refractivity contribution in [3.05, 3.63) is 12.4 Å². The van der Waals surface area contributed by atoms with Gasteiger partial charge in [-0.3, -0.25) is 4.72 Å². The highest BCUT2D eigenvalue weighted by atomic mass is 32.2. The van der Waals surface area contributed by atoms with E-state index in [2.05, 4.69) is 14.7 Å². The van der Waals surface area contributed by atoms with Crippen LogP contribution in [0.2, 0.25) is 0 Å². The zero-order valence-electron chi connectivity index (χ0n) is 8.32. The lowest BCUT2D eigenvalue weighted by molar-refractivity contribution is 0.577. The zero-order valence-corrected chi connectivity index (χ0v) is 9.13. The lowest BCUT2D eigenvalue weighted by Gasteiger charge is -2.06. The Labute approximate surface area is 84.0 Å². The molecule has 0 radical (unpaired) electrons. The number of sulfonamides is 1. The van der Waals surface area contributed by atoms with E-state index in [0.717, 1.165) is 0 Å². The molecular weight excluding hydrogens is 202 g/mol. The molecule has 0 atom stereocenters. The van der Waals surface area contributed by atoms with Gasteiger partial charge in [0.2, 0.25) is 16.0 Å². The van der Waals surface area contributed by atoms with Gasteiger partial charge in [0.05, 0.1) is 5.75 Å². The average Bonchev–Trinajstić information content (AvgIpc) is 2.53. The third-order valence-electron chi connectivity index (χ3n) is 1.71. The number of aromatic nitrogens is 2. The highest BCUT2D eigenvalue weighted by Crippen LogP contribution is 2.05. The Kier molecular flexibility index (Phi) is 3.51. The molecule has 0 aliphatic carbocycles. The summed E-state index contributed by atoms with van der Waals surface area (Å²) in [6.45, 7) is 3.98. The minimum absolute atomic E-state index is 0.130. The maximum atomic E-state index is 11.4. The first-order valence-electron chi connectivity index (χ1n) is 4.49. The molecule has 0 saturated heterocycles. The average molecular weight is 217 g/mol. The summed E-state index contributed by atoms with van der Waals surface area (Å²) >= 11 is 0. The largest absolute Gasteiger partial charge is 0.330 e. The number of hydrogen-bond donors (Lipinski definition) is 2. The zero-order chi connectivity index (χ0) is 10.6. The van der Waals surface area contributed by atoms with Gasteiger partial charge in [0.1, 0.15) is 0 Å². The van der Waals surface area contributed by atoms with Crippen LogP contribution in [0.1, 0.15) is 20.3 Å². The monoisotopic (exact) mass is 217 g/mol. The molecule has 0 amide bonds. The molecule has 0 aliphatic heterocycles. The number of H-pyrrole nitrogens is 1. The van der Waals surface area contributed by atoms with Crippen LogP contribution in [0.5, 0.6) is 0 Å². The second kappa shape index (κ2) is 4.45. The van der Waals surface area contributed by atoms with E-state index in [1.54, 1.807) is 6.20 Å². The molecule has 1 heterocycles. The van der Waals surface area contributed by atoms with Crippen molar-refractivity contribution < 1.29 is 8.42 Å². The molecule has 0 bridgehead atoms. The summed E-state index contributed by atoms with van der Waals surface area (Å²) in [4.78, 5) is 6.46. The maximum Gasteiger partial charge on any atom is 0.235 e. The fourth-order valence-corrected chi connectivity index (χ4v) is 2.20. The van der Waals surface area contributed by atoms with E-state index < -0.39 is 10.0 Å². The molecule has 1 aromatic rings. The Balaban J connectivity index is 2.51. The highest BCUT2D eigenvalue weighted by Gasteiger charge is 2.11. The van der Waals surface area contributed by atoms with Gasteiger partial charge in [-0.2, -0.15) is 0 Å². The van der Waals surface area contributed by atoms with Crippen molar-refractivity contribution in [1.82, 2.24) is 9.97 Å². The van der Waals surface area contributed by atoms with Crippen molar-refractivity contribution in [1.29, 1.82) is 0 Å². The van der Waals surface area contributed by atoms with Crippen molar-refractivity contribution in [3.63, 3.8) is 0 Å². The Morgan fingerprint density at radius 2 is 2.29 bits per heavy atom. The first-order valence-corrected chi connectivity index (χ1v) is 6.15. The standard InChI is InChI=1S/C8H15N3O2S/c1-7(2)3-6-14(12,13)11-8-9-4-5-10-8/h4-5,7H,3,6H2,1-2H3,(H2,9,10,11). The third kappa shape index (κ3) is 3.78. The highest BCUT2D eigenvalue weighted by molar-refractivity contribution is 7.92. The molecule has 14 heavy (non-hydrogen) atoms. The van der Waals surface area contributed by atoms with Crippen LogP contribution in [0.25, 0.3) is 0 Å². The van der Waals surface area contributed by atoms with Gasteiger partial charge in [-0.25, -0.2) is 13.4 Å². The van der Waals surface area contributed by atoms with Crippen LogP contribution in [0.15, 0.2) is 12.4 Å². The van der Waals surface area contributed by atoms with Gasteiger partial charge in [0.25, 0.3) is 0 Å². The molecule has 1 aromatic heterocycles. The summed E-state index contributed by atoms with van der Waals surface area (Å²) in [6, 6.07) is 0. The molecule has 0 aromatic carbocycles. The van der Waals surface area contributed by atoms with E-state index in [-0.39, 0.29) is 11.7 Å². The first-order chi connectivity index (χ1) is 6.49. The van der Waals surface area contributed by atoms with Crippen molar-refractivity contribution >= 4 is 16.0 Å². The van der Waals surface area contributed by atoms with Crippen molar-refractivity contribution in [2.45, 2.75) is 20.3 Å². The summed E-state index contributed by atoms with van der Waals surface area (Å²) in [7, 11) is -3.24. The molecule has 0 unspecified atom stereocenters. The van der Waals surface area contributed by atoms with E-state index in [1.807, 2.05) is 13.8 Å². The van der Waals surface area contributed by atoms with E-state index in [9.17, 15) is 8.42 Å². The molecule has 2 N–H and O–H groups in total. The minimum atomic E-state index is -3.24. The number of hydrogen-bond acceptors (Lipinski definition) is 3. The Hall–Kier alpha value is -1.04. The summed E-state index contributed by atoms with van der Waals surface area (Å²) in [6.07, 6.45) is 3.72. The second-order valence-corrected chi connectivity index (χ2v) is 5.38. The molecule has 1 rings (SSSR count). The number of nitrogens with one attached hydrogen (secondary N) is 2. The van der Waals surface area contributed by atoms with Crippen LogP contribution in [0.3, 0.4) is 0 Å². The minimum Gasteiger partial charge on any atom is -0.330 e. The van der Waals surface area contributed by atoms with Gasteiger partial charge in [-0.05, 0) is 12.3 Å². The topological polar surface area (TPSA) is 74.8 Å². The Morgan fingerprint density at radius 1 is 1.57 bits per heavy atom. The normalized spacial score (nSPS) is 11.9. The summed E-state index contributed by atoms with van der Waals surface area (Å²) < 4.78 is 25.2. The van der Waals surface area contributed by atoms with Crippen molar-refractivity contribution in [2.24, 2.45) is 5.92 Å². The third-order valence-corrected chi connectivity index (χ3v) is 2.99. The summed E-state index contributed by atoms with van der Waals surface area (Å²) in [5.41, 5.74) is 0. The van der Waals surface area contributed by atoms with E-state index in [0.29, 0.717) is 12.3 Å². The van der Waals surface area contributed by atoms with Gasteiger partial charge in [0.15, 0.2) is 0 Å². The van der Waals surface area contributed by atoms with Crippen LogP contribution in [-0.4, -0.2) is 24.1 Å². The lowest BCUT2D eigenvalue weighted by Crippen LogP contribution is -2.18. The van der Waals surface area contributed by atoms with E-state index >= 15 is 0 Å². The SMILES string of the molecule is CC(C)CCS(=O)(=O)Nc1ncc[nH]1. The first kappa shape index (κ1) is 11.0. The number of aromatic amines is 1. The van der Waals surface area contributed by atoms with Crippen LogP contribution in [0, 0.1) is 5.92 Å². The molecule has 0 fully saturated rings. The van der Waals surface area contributed by atoms with Gasteiger partial charge in [0, 0.05) is 12.4 Å². The fraction of sp³-hybridized carbons (Fsp3) is 0.625. The number of imidazole rings is 1. The molecule has 0 saturated carbocycles. The molecule has 5 nitrogen and oxygen atoms in total. The van der Waals surface area contributed by atoms with Crippen molar-refractivity contribution in [3.8, 4) is 0 Å². The Morgan fingerprint density at radius 3 is 2.79 bits per heavy atom. The van der Waals surface area contributed by atoms with Gasteiger partial charge < -0.3 is 4.98 Å². The van der Waals surface area contributed by atoms with Crippen LogP contribution in [-0.2, 0) is 10.0 Å².